The van der Waals surface area contributed by atoms with E-state index in [4.69, 9.17) is 4.42 Å². The number of fused-ring (bicyclic) bond motifs is 3. The largest absolute Gasteiger partial charge is 0.468 e. The van der Waals surface area contributed by atoms with Crippen molar-refractivity contribution in [1.29, 1.82) is 0 Å². The van der Waals surface area contributed by atoms with Crippen molar-refractivity contribution in [2.24, 2.45) is 11.8 Å². The van der Waals surface area contributed by atoms with Crippen molar-refractivity contribution in [3.05, 3.63) is 40.9 Å². The van der Waals surface area contributed by atoms with Gasteiger partial charge in [-0.05, 0) is 43.2 Å². The van der Waals surface area contributed by atoms with Crippen LogP contribution in [0.5, 0.6) is 0 Å². The summed E-state index contributed by atoms with van der Waals surface area (Å²) in [7, 11) is 0. The SMILES string of the molecule is CC1=CC[C@@H]2C(=C1)c1c(C)coc1C[C@H]2C. The van der Waals surface area contributed by atoms with Gasteiger partial charge in [-0.3, -0.25) is 0 Å². The number of aryl methyl sites for hydroxylation is 1. The van der Waals surface area contributed by atoms with Crippen LogP contribution >= 0.6 is 0 Å². The van der Waals surface area contributed by atoms with Gasteiger partial charge in [0.2, 0.25) is 0 Å². The molecule has 0 saturated carbocycles. The Hall–Kier alpha value is -1.24. The molecule has 2 atom stereocenters. The molecule has 1 heterocycles. The number of rotatable bonds is 0. The molecule has 84 valence electrons. The van der Waals surface area contributed by atoms with Gasteiger partial charge in [0.25, 0.3) is 0 Å². The highest BCUT2D eigenvalue weighted by Gasteiger charge is 2.33. The van der Waals surface area contributed by atoms with E-state index in [1.807, 2.05) is 6.26 Å². The smallest absolute Gasteiger partial charge is 0.111 e. The van der Waals surface area contributed by atoms with Gasteiger partial charge in [-0.25, -0.2) is 0 Å². The second kappa shape index (κ2) is 3.38. The molecule has 0 unspecified atom stereocenters. The Kier molecular flexibility index (Phi) is 2.10. The lowest BCUT2D eigenvalue weighted by Gasteiger charge is -2.33. The summed E-state index contributed by atoms with van der Waals surface area (Å²) in [4.78, 5) is 0. The molecule has 0 aliphatic heterocycles. The van der Waals surface area contributed by atoms with Gasteiger partial charge in [0, 0.05) is 12.0 Å². The van der Waals surface area contributed by atoms with Crippen LogP contribution < -0.4 is 0 Å². The van der Waals surface area contributed by atoms with Crippen LogP contribution in [0.15, 0.2) is 28.4 Å². The van der Waals surface area contributed by atoms with Crippen molar-refractivity contribution < 1.29 is 4.42 Å². The maximum absolute atomic E-state index is 5.68. The second-order valence-electron chi connectivity index (χ2n) is 5.29. The molecule has 1 aromatic heterocycles. The summed E-state index contributed by atoms with van der Waals surface area (Å²) >= 11 is 0. The summed E-state index contributed by atoms with van der Waals surface area (Å²) in [6.45, 7) is 6.69. The minimum absolute atomic E-state index is 0.701. The molecule has 0 saturated heterocycles. The maximum atomic E-state index is 5.68. The Labute approximate surface area is 96.8 Å². The zero-order valence-corrected chi connectivity index (χ0v) is 10.2. The molecule has 0 amide bonds. The second-order valence-corrected chi connectivity index (χ2v) is 5.29. The van der Waals surface area contributed by atoms with Crippen molar-refractivity contribution >= 4 is 5.57 Å². The molecule has 0 spiro atoms. The average molecular weight is 214 g/mol. The Morgan fingerprint density at radius 1 is 1.31 bits per heavy atom. The van der Waals surface area contributed by atoms with Crippen molar-refractivity contribution in [2.75, 3.05) is 0 Å². The van der Waals surface area contributed by atoms with E-state index < -0.39 is 0 Å². The maximum Gasteiger partial charge on any atom is 0.111 e. The van der Waals surface area contributed by atoms with E-state index >= 15 is 0 Å². The first-order valence-corrected chi connectivity index (χ1v) is 6.12. The minimum Gasteiger partial charge on any atom is -0.468 e. The van der Waals surface area contributed by atoms with Crippen LogP contribution in [-0.2, 0) is 6.42 Å². The molecule has 3 rings (SSSR count). The molecule has 1 nitrogen and oxygen atoms in total. The van der Waals surface area contributed by atoms with Crippen LogP contribution in [0.4, 0.5) is 0 Å². The highest BCUT2D eigenvalue weighted by Crippen LogP contribution is 2.45. The number of hydrogen-bond donors (Lipinski definition) is 0. The first-order valence-electron chi connectivity index (χ1n) is 6.12. The average Bonchev–Trinajstić information content (AvgIpc) is 2.60. The summed E-state index contributed by atoms with van der Waals surface area (Å²) in [6.07, 6.45) is 8.92. The quantitative estimate of drug-likeness (QED) is 0.633. The first-order chi connectivity index (χ1) is 7.66. The standard InChI is InChI=1S/C15H18O/c1-9-4-5-12-10(2)7-14-15(13(12)6-9)11(3)8-16-14/h4,6,8,10,12H,5,7H2,1-3H3/t10-,12+/m1/s1. The van der Waals surface area contributed by atoms with Crippen LogP contribution in [0.25, 0.3) is 5.57 Å². The summed E-state index contributed by atoms with van der Waals surface area (Å²) in [5.74, 6) is 2.60. The van der Waals surface area contributed by atoms with Gasteiger partial charge in [0.05, 0.1) is 6.26 Å². The molecular formula is C15H18O. The molecular weight excluding hydrogens is 196 g/mol. The lowest BCUT2D eigenvalue weighted by Crippen LogP contribution is -2.23. The lowest BCUT2D eigenvalue weighted by atomic mass is 9.71. The molecule has 2 aliphatic rings. The zero-order valence-electron chi connectivity index (χ0n) is 10.2. The Morgan fingerprint density at radius 3 is 2.94 bits per heavy atom. The van der Waals surface area contributed by atoms with E-state index in [1.165, 1.54) is 34.5 Å². The van der Waals surface area contributed by atoms with E-state index in [1.54, 1.807) is 0 Å². The third kappa shape index (κ3) is 1.31. The van der Waals surface area contributed by atoms with Gasteiger partial charge in [-0.15, -0.1) is 0 Å². The number of furan rings is 1. The summed E-state index contributed by atoms with van der Waals surface area (Å²) in [6, 6.07) is 0. The number of hydrogen-bond acceptors (Lipinski definition) is 1. The summed E-state index contributed by atoms with van der Waals surface area (Å²) in [5.41, 5.74) is 5.61. The Balaban J connectivity index is 2.19. The van der Waals surface area contributed by atoms with Crippen molar-refractivity contribution in [3.8, 4) is 0 Å². The molecule has 16 heavy (non-hydrogen) atoms. The summed E-state index contributed by atoms with van der Waals surface area (Å²) < 4.78 is 5.68. The fraction of sp³-hybridized carbons (Fsp3) is 0.467. The zero-order chi connectivity index (χ0) is 11.3. The highest BCUT2D eigenvalue weighted by atomic mass is 16.3. The lowest BCUT2D eigenvalue weighted by molar-refractivity contribution is 0.377. The van der Waals surface area contributed by atoms with Crippen LogP contribution in [-0.4, -0.2) is 0 Å². The molecule has 0 fully saturated rings. The van der Waals surface area contributed by atoms with E-state index in [0.29, 0.717) is 11.8 Å². The van der Waals surface area contributed by atoms with Crippen molar-refractivity contribution in [1.82, 2.24) is 0 Å². The van der Waals surface area contributed by atoms with Crippen molar-refractivity contribution in [3.63, 3.8) is 0 Å². The fourth-order valence-corrected chi connectivity index (χ4v) is 3.12. The molecule has 0 N–H and O–H groups in total. The normalized spacial score (nSPS) is 27.9. The molecule has 1 heteroatoms. The van der Waals surface area contributed by atoms with Gasteiger partial charge in [0.1, 0.15) is 5.76 Å². The third-order valence-electron chi connectivity index (χ3n) is 4.01. The van der Waals surface area contributed by atoms with Gasteiger partial charge < -0.3 is 4.42 Å². The van der Waals surface area contributed by atoms with Gasteiger partial charge >= 0.3 is 0 Å². The third-order valence-corrected chi connectivity index (χ3v) is 4.01. The number of allylic oxidation sites excluding steroid dienone is 4. The molecule has 2 aliphatic carbocycles. The predicted octanol–water partition coefficient (Wildman–Crippen LogP) is 4.13. The van der Waals surface area contributed by atoms with Gasteiger partial charge in [-0.2, -0.15) is 0 Å². The molecule has 1 aromatic rings. The minimum atomic E-state index is 0.701. The molecule has 0 aromatic carbocycles. The van der Waals surface area contributed by atoms with E-state index in [0.717, 1.165) is 6.42 Å². The van der Waals surface area contributed by atoms with E-state index in [2.05, 4.69) is 32.9 Å². The molecule has 0 radical (unpaired) electrons. The predicted molar refractivity (Wildman–Crippen MR) is 66.2 cm³/mol. The fourth-order valence-electron chi connectivity index (χ4n) is 3.12. The van der Waals surface area contributed by atoms with Crippen molar-refractivity contribution in [2.45, 2.75) is 33.6 Å². The summed E-state index contributed by atoms with van der Waals surface area (Å²) in [5, 5.41) is 0. The van der Waals surface area contributed by atoms with Gasteiger partial charge in [-0.1, -0.05) is 24.6 Å². The highest BCUT2D eigenvalue weighted by molar-refractivity contribution is 5.76. The molecule has 0 bridgehead atoms. The van der Waals surface area contributed by atoms with Crippen LogP contribution in [0, 0.1) is 18.8 Å². The first kappa shape index (κ1) is 9.95. The monoisotopic (exact) mass is 214 g/mol. The Bertz CT molecular complexity index is 488. The van der Waals surface area contributed by atoms with Crippen LogP contribution in [0.3, 0.4) is 0 Å². The van der Waals surface area contributed by atoms with E-state index in [9.17, 15) is 0 Å². The Morgan fingerprint density at radius 2 is 2.12 bits per heavy atom. The van der Waals surface area contributed by atoms with E-state index in [-0.39, 0.29) is 0 Å². The van der Waals surface area contributed by atoms with Gasteiger partial charge in [0.15, 0.2) is 0 Å². The van der Waals surface area contributed by atoms with Crippen LogP contribution in [0.1, 0.15) is 37.2 Å². The topological polar surface area (TPSA) is 13.1 Å². The van der Waals surface area contributed by atoms with Crippen LogP contribution in [0.2, 0.25) is 0 Å².